The number of anilines is 1. The molecule has 2 aromatic rings. The standard InChI is InChI=1S/C19H21FN2O.ClH/c20-17-11-4-3-10-16(17)18(13-6-1-2-7-13)22-19(23)14-8-5-9-15(21)12-14;/h3-5,8-13,18H,1-2,6-7,21H2,(H,22,23);1H. The van der Waals surface area contributed by atoms with Crippen molar-refractivity contribution in [2.45, 2.75) is 31.7 Å². The first kappa shape index (κ1) is 18.3. The van der Waals surface area contributed by atoms with Gasteiger partial charge in [-0.2, -0.15) is 0 Å². The highest BCUT2D eigenvalue weighted by molar-refractivity contribution is 5.95. The number of nitrogens with one attached hydrogen (secondary N) is 1. The highest BCUT2D eigenvalue weighted by Gasteiger charge is 2.29. The number of rotatable bonds is 4. The molecule has 5 heteroatoms. The van der Waals surface area contributed by atoms with Crippen LogP contribution in [0.3, 0.4) is 0 Å². The van der Waals surface area contributed by atoms with Gasteiger partial charge in [-0.25, -0.2) is 4.39 Å². The number of hydrogen-bond acceptors (Lipinski definition) is 2. The fourth-order valence-electron chi connectivity index (χ4n) is 3.37. The van der Waals surface area contributed by atoms with Crippen LogP contribution >= 0.6 is 12.4 Å². The van der Waals surface area contributed by atoms with E-state index < -0.39 is 0 Å². The average molecular weight is 349 g/mol. The zero-order valence-electron chi connectivity index (χ0n) is 13.4. The molecule has 1 atom stereocenters. The van der Waals surface area contributed by atoms with Crippen LogP contribution in [0.15, 0.2) is 48.5 Å². The van der Waals surface area contributed by atoms with Gasteiger partial charge >= 0.3 is 0 Å². The van der Waals surface area contributed by atoms with E-state index in [2.05, 4.69) is 5.32 Å². The van der Waals surface area contributed by atoms with Crippen molar-refractivity contribution in [1.82, 2.24) is 5.32 Å². The summed E-state index contributed by atoms with van der Waals surface area (Å²) in [7, 11) is 0. The maximum atomic E-state index is 14.2. The van der Waals surface area contributed by atoms with Gasteiger partial charge in [-0.1, -0.05) is 37.1 Å². The minimum Gasteiger partial charge on any atom is -0.399 e. The molecule has 1 unspecified atom stereocenters. The highest BCUT2D eigenvalue weighted by Crippen LogP contribution is 2.36. The lowest BCUT2D eigenvalue weighted by Gasteiger charge is -2.25. The number of carbonyl (C=O) groups is 1. The predicted molar refractivity (Wildman–Crippen MR) is 96.7 cm³/mol. The fraction of sp³-hybridized carbons (Fsp3) is 0.316. The van der Waals surface area contributed by atoms with Crippen molar-refractivity contribution in [1.29, 1.82) is 0 Å². The Hall–Kier alpha value is -2.07. The Bertz CT molecular complexity index is 701. The Kier molecular flexibility index (Phi) is 6.21. The van der Waals surface area contributed by atoms with Crippen LogP contribution in [0.25, 0.3) is 0 Å². The third-order valence-electron chi connectivity index (χ3n) is 4.55. The normalized spacial score (nSPS) is 15.5. The molecule has 0 spiro atoms. The SMILES string of the molecule is Cl.Nc1cccc(C(=O)NC(c2ccccc2F)C2CCCC2)c1. The Labute approximate surface area is 147 Å². The van der Waals surface area contributed by atoms with E-state index in [4.69, 9.17) is 5.73 Å². The zero-order valence-corrected chi connectivity index (χ0v) is 14.2. The van der Waals surface area contributed by atoms with Gasteiger partial charge in [-0.15, -0.1) is 12.4 Å². The quantitative estimate of drug-likeness (QED) is 0.800. The van der Waals surface area contributed by atoms with Gasteiger partial charge in [-0.3, -0.25) is 4.79 Å². The van der Waals surface area contributed by atoms with Crippen molar-refractivity contribution < 1.29 is 9.18 Å². The van der Waals surface area contributed by atoms with Gasteiger partial charge in [0.05, 0.1) is 6.04 Å². The summed E-state index contributed by atoms with van der Waals surface area (Å²) in [6.07, 6.45) is 4.28. The predicted octanol–water partition coefficient (Wildman–Crippen LogP) is 4.49. The molecule has 0 bridgehead atoms. The van der Waals surface area contributed by atoms with E-state index in [0.29, 0.717) is 16.8 Å². The summed E-state index contributed by atoms with van der Waals surface area (Å²) in [5.41, 5.74) is 7.36. The van der Waals surface area contributed by atoms with Gasteiger partial charge in [0.15, 0.2) is 0 Å². The molecule has 128 valence electrons. The minimum atomic E-state index is -0.298. The van der Waals surface area contributed by atoms with Crippen molar-refractivity contribution in [2.75, 3.05) is 5.73 Å². The second-order valence-electron chi connectivity index (χ2n) is 6.14. The van der Waals surface area contributed by atoms with Crippen LogP contribution in [-0.4, -0.2) is 5.91 Å². The molecule has 0 aliphatic heterocycles. The average Bonchev–Trinajstić information content (AvgIpc) is 3.07. The molecule has 24 heavy (non-hydrogen) atoms. The molecule has 2 aromatic carbocycles. The van der Waals surface area contributed by atoms with Crippen molar-refractivity contribution >= 4 is 24.0 Å². The van der Waals surface area contributed by atoms with E-state index in [-0.39, 0.29) is 36.1 Å². The molecule has 0 aromatic heterocycles. The van der Waals surface area contributed by atoms with Crippen molar-refractivity contribution in [3.05, 3.63) is 65.5 Å². The molecule has 0 heterocycles. The van der Waals surface area contributed by atoms with E-state index in [1.54, 1.807) is 36.4 Å². The van der Waals surface area contributed by atoms with E-state index in [9.17, 15) is 9.18 Å². The lowest BCUT2D eigenvalue weighted by atomic mass is 9.91. The van der Waals surface area contributed by atoms with Gasteiger partial charge in [0.2, 0.25) is 0 Å². The molecule has 1 aliphatic carbocycles. The minimum absolute atomic E-state index is 0. The van der Waals surface area contributed by atoms with Crippen LogP contribution in [-0.2, 0) is 0 Å². The first-order chi connectivity index (χ1) is 11.1. The topological polar surface area (TPSA) is 55.1 Å². The molecule has 1 saturated carbocycles. The van der Waals surface area contributed by atoms with Gasteiger partial charge in [0.1, 0.15) is 5.82 Å². The summed E-state index contributed by atoms with van der Waals surface area (Å²) < 4.78 is 14.2. The van der Waals surface area contributed by atoms with Crippen LogP contribution in [0, 0.1) is 11.7 Å². The van der Waals surface area contributed by atoms with Gasteiger partial charge in [-0.05, 0) is 43.0 Å². The lowest BCUT2D eigenvalue weighted by Crippen LogP contribution is -2.33. The maximum absolute atomic E-state index is 14.2. The Balaban J connectivity index is 0.00000208. The van der Waals surface area contributed by atoms with Crippen LogP contribution < -0.4 is 11.1 Å². The van der Waals surface area contributed by atoms with Gasteiger partial charge < -0.3 is 11.1 Å². The van der Waals surface area contributed by atoms with E-state index in [0.717, 1.165) is 25.7 Å². The first-order valence-electron chi connectivity index (χ1n) is 8.06. The molecule has 3 rings (SSSR count). The van der Waals surface area contributed by atoms with Crippen molar-refractivity contribution in [2.24, 2.45) is 5.92 Å². The van der Waals surface area contributed by atoms with Gasteiger partial charge in [0, 0.05) is 16.8 Å². The van der Waals surface area contributed by atoms with Crippen LogP contribution in [0.5, 0.6) is 0 Å². The molecule has 1 fully saturated rings. The fourth-order valence-corrected chi connectivity index (χ4v) is 3.37. The Morgan fingerprint density at radius 1 is 1.12 bits per heavy atom. The summed E-state index contributed by atoms with van der Waals surface area (Å²) in [6, 6.07) is 13.2. The summed E-state index contributed by atoms with van der Waals surface area (Å²) in [5, 5.41) is 3.03. The number of nitrogen functional groups attached to an aromatic ring is 1. The smallest absolute Gasteiger partial charge is 0.251 e. The summed E-state index contributed by atoms with van der Waals surface area (Å²) in [6.45, 7) is 0. The molecular formula is C19H22ClFN2O. The Morgan fingerprint density at radius 2 is 1.83 bits per heavy atom. The number of amides is 1. The number of halogens is 2. The van der Waals surface area contributed by atoms with Crippen LogP contribution in [0.1, 0.15) is 47.6 Å². The molecule has 0 saturated heterocycles. The molecule has 3 nitrogen and oxygen atoms in total. The third kappa shape index (κ3) is 4.06. The lowest BCUT2D eigenvalue weighted by molar-refractivity contribution is 0.0921. The summed E-state index contributed by atoms with van der Waals surface area (Å²) >= 11 is 0. The van der Waals surface area contributed by atoms with E-state index >= 15 is 0 Å². The van der Waals surface area contributed by atoms with Crippen molar-refractivity contribution in [3.8, 4) is 0 Å². The van der Waals surface area contributed by atoms with Gasteiger partial charge in [0.25, 0.3) is 5.91 Å². The monoisotopic (exact) mass is 348 g/mol. The zero-order chi connectivity index (χ0) is 16.2. The number of hydrogen-bond donors (Lipinski definition) is 2. The summed E-state index contributed by atoms with van der Waals surface area (Å²) in [4.78, 5) is 12.6. The number of nitrogens with two attached hydrogens (primary N) is 1. The second-order valence-corrected chi connectivity index (χ2v) is 6.14. The van der Waals surface area contributed by atoms with Crippen molar-refractivity contribution in [3.63, 3.8) is 0 Å². The largest absolute Gasteiger partial charge is 0.399 e. The second kappa shape index (κ2) is 8.15. The third-order valence-corrected chi connectivity index (χ3v) is 4.55. The number of carbonyl (C=O) groups excluding carboxylic acids is 1. The Morgan fingerprint density at radius 3 is 2.50 bits per heavy atom. The molecule has 1 aliphatic rings. The molecular weight excluding hydrogens is 327 g/mol. The first-order valence-corrected chi connectivity index (χ1v) is 8.06. The number of benzene rings is 2. The van der Waals surface area contributed by atoms with Crippen LogP contribution in [0.2, 0.25) is 0 Å². The highest BCUT2D eigenvalue weighted by atomic mass is 35.5. The van der Waals surface area contributed by atoms with Crippen LogP contribution in [0.4, 0.5) is 10.1 Å². The molecule has 1 amide bonds. The maximum Gasteiger partial charge on any atom is 0.251 e. The summed E-state index contributed by atoms with van der Waals surface area (Å²) in [5.74, 6) is -0.202. The van der Waals surface area contributed by atoms with E-state index in [1.807, 2.05) is 6.07 Å². The molecule has 0 radical (unpaired) electrons. The van der Waals surface area contributed by atoms with E-state index in [1.165, 1.54) is 6.07 Å². The molecule has 3 N–H and O–H groups in total.